The van der Waals surface area contributed by atoms with Crippen molar-refractivity contribution in [2.24, 2.45) is 10.2 Å². The molecule has 0 spiro atoms. The first kappa shape index (κ1) is 17.8. The molecule has 0 unspecified atom stereocenters. The molecule has 1 aromatic carbocycles. The zero-order valence-corrected chi connectivity index (χ0v) is 14.1. The van der Waals surface area contributed by atoms with E-state index in [9.17, 15) is 14.7 Å². The quantitative estimate of drug-likeness (QED) is 0.361. The van der Waals surface area contributed by atoms with Crippen LogP contribution in [-0.2, 0) is 14.3 Å². The smallest absolute Gasteiger partial charge is 0.331 e. The molecule has 0 bridgehead atoms. The largest absolute Gasteiger partial charge is 0.503 e. The van der Waals surface area contributed by atoms with Gasteiger partial charge in [-0.3, -0.25) is 10.1 Å². The molecule has 8 nitrogen and oxygen atoms in total. The number of thioether (sulfide) groups is 1. The van der Waals surface area contributed by atoms with Gasteiger partial charge in [0.2, 0.25) is 0 Å². The number of esters is 1. The van der Waals surface area contributed by atoms with Gasteiger partial charge in [0.05, 0.1) is 30.4 Å². The Kier molecular flexibility index (Phi) is 5.83. The van der Waals surface area contributed by atoms with Gasteiger partial charge < -0.3 is 14.6 Å². The maximum absolute atomic E-state index is 11.6. The summed E-state index contributed by atoms with van der Waals surface area (Å²) in [6.45, 7) is 0. The third kappa shape index (κ3) is 4.06. The highest BCUT2D eigenvalue weighted by Gasteiger charge is 2.25. The first-order valence-corrected chi connectivity index (χ1v) is 7.61. The molecule has 1 saturated heterocycles. The van der Waals surface area contributed by atoms with Crippen molar-refractivity contribution < 1.29 is 24.2 Å². The summed E-state index contributed by atoms with van der Waals surface area (Å²) in [5.74, 6) is -1.08. The first-order valence-electron chi connectivity index (χ1n) is 6.41. The molecule has 0 aliphatic carbocycles. The lowest BCUT2D eigenvalue weighted by atomic mass is 10.2. The summed E-state index contributed by atoms with van der Waals surface area (Å²) in [5.41, 5.74) is 0.416. The molecule has 1 heterocycles. The van der Waals surface area contributed by atoms with Gasteiger partial charge in [-0.25, -0.2) is 4.79 Å². The Morgan fingerprint density at radius 3 is 2.83 bits per heavy atom. The van der Waals surface area contributed by atoms with E-state index in [2.05, 4.69) is 20.3 Å². The van der Waals surface area contributed by atoms with E-state index in [1.807, 2.05) is 0 Å². The van der Waals surface area contributed by atoms with Gasteiger partial charge in [-0.05, 0) is 23.9 Å². The van der Waals surface area contributed by atoms with E-state index >= 15 is 0 Å². The van der Waals surface area contributed by atoms with Crippen molar-refractivity contribution in [3.8, 4) is 11.5 Å². The molecular weight excluding hydrogens is 358 g/mol. The van der Waals surface area contributed by atoms with Gasteiger partial charge in [0, 0.05) is 11.6 Å². The second-order valence-corrected chi connectivity index (χ2v) is 5.67. The number of rotatable bonds is 4. The molecule has 0 atom stereocenters. The lowest BCUT2D eigenvalue weighted by Crippen LogP contribution is -2.19. The van der Waals surface area contributed by atoms with Crippen molar-refractivity contribution in [2.45, 2.75) is 0 Å². The number of amides is 1. The van der Waals surface area contributed by atoms with Gasteiger partial charge in [-0.2, -0.15) is 5.10 Å². The van der Waals surface area contributed by atoms with Crippen LogP contribution in [0.5, 0.6) is 11.5 Å². The number of hydrogen-bond acceptors (Lipinski definition) is 8. The van der Waals surface area contributed by atoms with Crippen LogP contribution in [0, 0.1) is 0 Å². The second kappa shape index (κ2) is 7.84. The van der Waals surface area contributed by atoms with Crippen LogP contribution in [0.15, 0.2) is 33.3 Å². The van der Waals surface area contributed by atoms with Crippen LogP contribution in [-0.4, -0.2) is 42.6 Å². The summed E-state index contributed by atoms with van der Waals surface area (Å²) >= 11 is 6.93. The maximum atomic E-state index is 11.6. The molecule has 2 N–H and O–H groups in total. The van der Waals surface area contributed by atoms with Crippen LogP contribution in [0.2, 0.25) is 5.02 Å². The number of methoxy groups -OCH3 is 2. The molecule has 0 saturated carbocycles. The minimum absolute atomic E-state index is 0.0627. The van der Waals surface area contributed by atoms with Crippen molar-refractivity contribution in [2.75, 3.05) is 14.2 Å². The fourth-order valence-corrected chi connectivity index (χ4v) is 2.56. The summed E-state index contributed by atoms with van der Waals surface area (Å²) in [7, 11) is 2.62. The van der Waals surface area contributed by atoms with Crippen molar-refractivity contribution >= 4 is 46.6 Å². The van der Waals surface area contributed by atoms with E-state index < -0.39 is 11.9 Å². The number of carbonyl (C=O) groups excluding carboxylic acids is 2. The Hall–Kier alpha value is -2.52. The average molecular weight is 370 g/mol. The molecule has 126 valence electrons. The molecular formula is C14H12ClN3O5S. The zero-order chi connectivity index (χ0) is 17.7. The molecule has 1 aliphatic rings. The number of phenolic OH excluding ortho intramolecular Hbond substituents is 1. The predicted molar refractivity (Wildman–Crippen MR) is 90.5 cm³/mol. The Morgan fingerprint density at radius 1 is 1.42 bits per heavy atom. The Balaban J connectivity index is 2.13. The van der Waals surface area contributed by atoms with Crippen molar-refractivity contribution in [1.82, 2.24) is 5.32 Å². The first-order chi connectivity index (χ1) is 11.5. The SMILES string of the molecule is COC(=O)/C=C1/S/C(=N\N=Cc2ccc(OC)c(O)c2Cl)NC1=O. The third-order valence-electron chi connectivity index (χ3n) is 2.78. The number of aromatic hydroxyl groups is 1. The van der Waals surface area contributed by atoms with Crippen molar-refractivity contribution in [1.29, 1.82) is 0 Å². The Morgan fingerprint density at radius 2 is 2.17 bits per heavy atom. The molecule has 24 heavy (non-hydrogen) atoms. The number of halogens is 1. The summed E-state index contributed by atoms with van der Waals surface area (Å²) in [6, 6.07) is 3.12. The molecule has 2 rings (SSSR count). The second-order valence-electron chi connectivity index (χ2n) is 4.26. The highest BCUT2D eigenvalue weighted by atomic mass is 35.5. The number of benzene rings is 1. The summed E-state index contributed by atoms with van der Waals surface area (Å²) in [4.78, 5) is 22.9. The number of ether oxygens (including phenoxy) is 2. The van der Waals surface area contributed by atoms with Crippen LogP contribution >= 0.6 is 23.4 Å². The van der Waals surface area contributed by atoms with Crippen molar-refractivity contribution in [3.63, 3.8) is 0 Å². The molecule has 1 aliphatic heterocycles. The van der Waals surface area contributed by atoms with Crippen LogP contribution in [0.25, 0.3) is 0 Å². The van der Waals surface area contributed by atoms with Gasteiger partial charge in [-0.15, -0.1) is 5.10 Å². The van der Waals surface area contributed by atoms with Gasteiger partial charge >= 0.3 is 5.97 Å². The van der Waals surface area contributed by atoms with Crippen LogP contribution in [0.1, 0.15) is 5.56 Å². The highest BCUT2D eigenvalue weighted by molar-refractivity contribution is 8.18. The average Bonchev–Trinajstić information content (AvgIpc) is 2.91. The monoisotopic (exact) mass is 369 g/mol. The number of hydrogen-bond donors (Lipinski definition) is 2. The number of phenols is 1. The normalized spacial score (nSPS) is 17.5. The lowest BCUT2D eigenvalue weighted by molar-refractivity contribution is -0.135. The molecule has 1 aromatic rings. The number of amidine groups is 1. The molecule has 10 heteroatoms. The molecule has 0 aromatic heterocycles. The zero-order valence-electron chi connectivity index (χ0n) is 12.6. The van der Waals surface area contributed by atoms with Gasteiger partial charge in [-0.1, -0.05) is 11.6 Å². The topological polar surface area (TPSA) is 110 Å². The van der Waals surface area contributed by atoms with E-state index in [0.29, 0.717) is 5.56 Å². The van der Waals surface area contributed by atoms with Gasteiger partial charge in [0.25, 0.3) is 5.91 Å². The van der Waals surface area contributed by atoms with E-state index in [1.165, 1.54) is 26.5 Å². The molecule has 1 amide bonds. The summed E-state index contributed by atoms with van der Waals surface area (Å²) in [5, 5.41) is 20.1. The number of nitrogens with zero attached hydrogens (tertiary/aromatic N) is 2. The molecule has 1 fully saturated rings. The lowest BCUT2D eigenvalue weighted by Gasteiger charge is -2.06. The van der Waals surface area contributed by atoms with E-state index in [4.69, 9.17) is 16.3 Å². The Labute approximate surface area is 146 Å². The van der Waals surface area contributed by atoms with E-state index in [0.717, 1.165) is 17.8 Å². The van der Waals surface area contributed by atoms with Crippen LogP contribution in [0.4, 0.5) is 0 Å². The van der Waals surface area contributed by atoms with Gasteiger partial charge in [0.1, 0.15) is 0 Å². The standard InChI is InChI=1S/C14H12ClN3O5S/c1-22-8-4-3-7(11(15)12(8)20)6-16-18-14-17-13(21)9(24-14)5-10(19)23-2/h3-6,20H,1-2H3,(H,17,18,21)/b9-5+,16-6?. The maximum Gasteiger partial charge on any atom is 0.331 e. The van der Waals surface area contributed by atoms with Crippen LogP contribution in [0.3, 0.4) is 0 Å². The highest BCUT2D eigenvalue weighted by Crippen LogP contribution is 2.35. The van der Waals surface area contributed by atoms with Crippen molar-refractivity contribution in [3.05, 3.63) is 33.7 Å². The van der Waals surface area contributed by atoms with E-state index in [-0.39, 0.29) is 26.6 Å². The number of nitrogens with one attached hydrogen (secondary N) is 1. The predicted octanol–water partition coefficient (Wildman–Crippen LogP) is 1.66. The fourth-order valence-electron chi connectivity index (χ4n) is 1.61. The minimum atomic E-state index is -0.641. The molecule has 0 radical (unpaired) electrons. The fraction of sp³-hybridized carbons (Fsp3) is 0.143. The Bertz CT molecular complexity index is 776. The summed E-state index contributed by atoms with van der Waals surface area (Å²) < 4.78 is 9.38. The van der Waals surface area contributed by atoms with E-state index in [1.54, 1.807) is 6.07 Å². The summed E-state index contributed by atoms with van der Waals surface area (Å²) in [6.07, 6.45) is 2.37. The third-order valence-corrected chi connectivity index (χ3v) is 4.07. The van der Waals surface area contributed by atoms with Gasteiger partial charge in [0.15, 0.2) is 16.7 Å². The number of carbonyl (C=O) groups is 2. The minimum Gasteiger partial charge on any atom is -0.503 e. The van der Waals surface area contributed by atoms with Crippen LogP contribution < -0.4 is 10.1 Å².